The number of hydrogen-bond donors (Lipinski definition) is 2. The van der Waals surface area contributed by atoms with Crippen molar-refractivity contribution in [1.82, 2.24) is 15.2 Å². The van der Waals surface area contributed by atoms with Crippen LogP contribution in [0.15, 0.2) is 18.3 Å². The van der Waals surface area contributed by atoms with Gasteiger partial charge in [0.2, 0.25) is 5.88 Å². The van der Waals surface area contributed by atoms with Gasteiger partial charge in [-0.25, -0.2) is 4.98 Å². The molecule has 1 atom stereocenters. The van der Waals surface area contributed by atoms with E-state index in [4.69, 9.17) is 4.74 Å². The predicted octanol–water partition coefficient (Wildman–Crippen LogP) is 1.15. The van der Waals surface area contributed by atoms with E-state index in [1.165, 1.54) is 13.3 Å². The number of nitrogens with one attached hydrogen (secondary N) is 1. The average molecular weight is 281 g/mol. The fraction of sp³-hybridized carbons (Fsp3) is 0.571. The molecule has 0 radical (unpaired) electrons. The first kappa shape index (κ1) is 16.4. The molecule has 1 aromatic heterocycles. The molecule has 112 valence electrons. The van der Waals surface area contributed by atoms with E-state index in [-0.39, 0.29) is 0 Å². The number of aromatic nitrogens is 1. The third-order valence-corrected chi connectivity index (χ3v) is 3.22. The molecule has 20 heavy (non-hydrogen) atoms. The topological polar surface area (TPSA) is 74.7 Å². The molecule has 0 aliphatic heterocycles. The molecule has 1 unspecified atom stereocenters. The van der Waals surface area contributed by atoms with Crippen molar-refractivity contribution in [3.63, 3.8) is 0 Å². The largest absolute Gasteiger partial charge is 0.481 e. The van der Waals surface area contributed by atoms with Gasteiger partial charge in [-0.2, -0.15) is 0 Å². The molecule has 0 bridgehead atoms. The summed E-state index contributed by atoms with van der Waals surface area (Å²) in [6.07, 6.45) is 1.53. The molecule has 0 aliphatic rings. The highest BCUT2D eigenvalue weighted by Crippen LogP contribution is 2.15. The second-order valence-electron chi connectivity index (χ2n) is 4.39. The number of likely N-dealkylation sites (N-methyl/N-ethyl adjacent to an activating group) is 1. The zero-order chi connectivity index (χ0) is 15.0. The number of pyridine rings is 1. The number of ether oxygens (including phenoxy) is 1. The number of carboxylic acid groups (broad SMARTS) is 1. The molecule has 0 aromatic carbocycles. The van der Waals surface area contributed by atoms with Crippen molar-refractivity contribution < 1.29 is 14.6 Å². The van der Waals surface area contributed by atoms with Crippen molar-refractivity contribution in [3.05, 3.63) is 23.9 Å². The van der Waals surface area contributed by atoms with E-state index < -0.39 is 12.0 Å². The van der Waals surface area contributed by atoms with Crippen molar-refractivity contribution >= 4 is 5.97 Å². The van der Waals surface area contributed by atoms with Gasteiger partial charge in [0.05, 0.1) is 7.11 Å². The van der Waals surface area contributed by atoms with Gasteiger partial charge in [-0.1, -0.05) is 13.8 Å². The summed E-state index contributed by atoms with van der Waals surface area (Å²) < 4.78 is 4.97. The van der Waals surface area contributed by atoms with E-state index in [1.54, 1.807) is 12.1 Å². The second-order valence-corrected chi connectivity index (χ2v) is 4.39. The maximum Gasteiger partial charge on any atom is 0.325 e. The highest BCUT2D eigenvalue weighted by atomic mass is 16.5. The Hall–Kier alpha value is -1.66. The Kier molecular flexibility index (Phi) is 6.97. The summed E-state index contributed by atoms with van der Waals surface area (Å²) in [5, 5.41) is 12.3. The highest BCUT2D eigenvalue weighted by Gasteiger charge is 2.19. The van der Waals surface area contributed by atoms with Crippen LogP contribution in [-0.4, -0.2) is 54.2 Å². The fourth-order valence-electron chi connectivity index (χ4n) is 1.94. The summed E-state index contributed by atoms with van der Waals surface area (Å²) in [4.78, 5) is 17.6. The Balaban J connectivity index is 2.62. The third kappa shape index (κ3) is 4.79. The van der Waals surface area contributed by atoms with Gasteiger partial charge in [-0.05, 0) is 24.7 Å². The summed E-state index contributed by atoms with van der Waals surface area (Å²) in [5.74, 6) is -0.433. The van der Waals surface area contributed by atoms with Crippen LogP contribution in [0.4, 0.5) is 0 Å². The Bertz CT molecular complexity index is 405. The first-order chi connectivity index (χ1) is 9.62. The van der Waals surface area contributed by atoms with E-state index in [9.17, 15) is 9.90 Å². The Morgan fingerprint density at radius 3 is 2.60 bits per heavy atom. The molecular weight excluding hydrogens is 258 g/mol. The first-order valence-corrected chi connectivity index (χ1v) is 6.80. The average Bonchev–Trinajstić information content (AvgIpc) is 2.47. The lowest BCUT2D eigenvalue weighted by Crippen LogP contribution is -2.36. The quantitative estimate of drug-likeness (QED) is 0.707. The molecule has 0 saturated heterocycles. The number of hydrogen-bond acceptors (Lipinski definition) is 5. The normalized spacial score (nSPS) is 12.4. The predicted molar refractivity (Wildman–Crippen MR) is 77.0 cm³/mol. The minimum Gasteiger partial charge on any atom is -0.481 e. The Morgan fingerprint density at radius 1 is 1.45 bits per heavy atom. The first-order valence-electron chi connectivity index (χ1n) is 6.80. The molecule has 0 spiro atoms. The number of carboxylic acids is 1. The van der Waals surface area contributed by atoms with Crippen molar-refractivity contribution in [3.8, 4) is 5.88 Å². The summed E-state index contributed by atoms with van der Waals surface area (Å²) >= 11 is 0. The molecule has 1 heterocycles. The van der Waals surface area contributed by atoms with E-state index in [0.29, 0.717) is 18.0 Å². The minimum absolute atomic E-state index is 0.473. The van der Waals surface area contributed by atoms with E-state index in [1.807, 2.05) is 0 Å². The van der Waals surface area contributed by atoms with Crippen molar-refractivity contribution in [2.24, 2.45) is 0 Å². The molecule has 0 amide bonds. The second kappa shape index (κ2) is 8.50. The van der Waals surface area contributed by atoms with Crippen LogP contribution in [0.5, 0.6) is 5.88 Å². The molecule has 0 fully saturated rings. The van der Waals surface area contributed by atoms with Crippen molar-refractivity contribution in [1.29, 1.82) is 0 Å². The lowest BCUT2D eigenvalue weighted by atomic mass is 10.1. The number of rotatable bonds is 9. The molecule has 0 saturated carbocycles. The van der Waals surface area contributed by atoms with Crippen LogP contribution in [0.3, 0.4) is 0 Å². The van der Waals surface area contributed by atoms with Gasteiger partial charge in [0, 0.05) is 25.4 Å². The standard InChI is InChI=1S/C14H23N3O3/c1-4-17(5-2)9-8-15-13(14(18)19)11-6-7-12(20-3)16-10-11/h6-7,10,13,15H,4-5,8-9H2,1-3H3,(H,18,19). The number of carbonyl (C=O) groups is 1. The molecule has 1 rings (SSSR count). The Labute approximate surface area is 119 Å². The maximum atomic E-state index is 11.3. The van der Waals surface area contributed by atoms with Crippen LogP contribution in [-0.2, 0) is 4.79 Å². The van der Waals surface area contributed by atoms with Crippen LogP contribution >= 0.6 is 0 Å². The zero-order valence-corrected chi connectivity index (χ0v) is 12.3. The van der Waals surface area contributed by atoms with Gasteiger partial charge in [-0.3, -0.25) is 10.1 Å². The monoisotopic (exact) mass is 281 g/mol. The highest BCUT2D eigenvalue weighted by molar-refractivity contribution is 5.75. The van der Waals surface area contributed by atoms with Gasteiger partial charge in [-0.15, -0.1) is 0 Å². The molecule has 0 aliphatic carbocycles. The molecule has 2 N–H and O–H groups in total. The van der Waals surface area contributed by atoms with E-state index in [2.05, 4.69) is 29.0 Å². The number of nitrogens with zero attached hydrogens (tertiary/aromatic N) is 2. The third-order valence-electron chi connectivity index (χ3n) is 3.22. The van der Waals surface area contributed by atoms with Crippen molar-refractivity contribution in [2.45, 2.75) is 19.9 Å². The van der Waals surface area contributed by atoms with Crippen LogP contribution in [0.1, 0.15) is 25.5 Å². The van der Waals surface area contributed by atoms with E-state index in [0.717, 1.165) is 19.6 Å². The molecule has 6 heteroatoms. The van der Waals surface area contributed by atoms with Gasteiger partial charge >= 0.3 is 5.97 Å². The van der Waals surface area contributed by atoms with Gasteiger partial charge < -0.3 is 14.7 Å². The zero-order valence-electron chi connectivity index (χ0n) is 12.3. The molecular formula is C14H23N3O3. The Morgan fingerprint density at radius 2 is 2.15 bits per heavy atom. The lowest BCUT2D eigenvalue weighted by molar-refractivity contribution is -0.139. The molecule has 6 nitrogen and oxygen atoms in total. The van der Waals surface area contributed by atoms with Crippen LogP contribution in [0, 0.1) is 0 Å². The lowest BCUT2D eigenvalue weighted by Gasteiger charge is -2.20. The van der Waals surface area contributed by atoms with Crippen LogP contribution < -0.4 is 10.1 Å². The van der Waals surface area contributed by atoms with E-state index >= 15 is 0 Å². The number of methoxy groups -OCH3 is 1. The van der Waals surface area contributed by atoms with Crippen LogP contribution in [0.2, 0.25) is 0 Å². The van der Waals surface area contributed by atoms with Gasteiger partial charge in [0.25, 0.3) is 0 Å². The van der Waals surface area contributed by atoms with Crippen molar-refractivity contribution in [2.75, 3.05) is 33.3 Å². The number of aliphatic carboxylic acids is 1. The van der Waals surface area contributed by atoms with Crippen LogP contribution in [0.25, 0.3) is 0 Å². The fourth-order valence-corrected chi connectivity index (χ4v) is 1.94. The summed E-state index contributed by atoms with van der Waals surface area (Å²) in [6.45, 7) is 7.53. The SMILES string of the molecule is CCN(CC)CCNC(C(=O)O)c1ccc(OC)nc1. The smallest absolute Gasteiger partial charge is 0.325 e. The minimum atomic E-state index is -0.906. The maximum absolute atomic E-state index is 11.3. The summed E-state index contributed by atoms with van der Waals surface area (Å²) in [7, 11) is 1.53. The summed E-state index contributed by atoms with van der Waals surface area (Å²) in [5.41, 5.74) is 0.623. The van der Waals surface area contributed by atoms with Gasteiger partial charge in [0.1, 0.15) is 6.04 Å². The summed E-state index contributed by atoms with van der Waals surface area (Å²) in [6, 6.07) is 2.63. The molecule has 1 aromatic rings. The van der Waals surface area contributed by atoms with Gasteiger partial charge in [0.15, 0.2) is 0 Å².